The van der Waals surface area contributed by atoms with E-state index in [4.69, 9.17) is 19.5 Å². The van der Waals surface area contributed by atoms with Gasteiger partial charge in [-0.2, -0.15) is 5.26 Å². The van der Waals surface area contributed by atoms with Gasteiger partial charge in [-0.05, 0) is 36.8 Å². The van der Waals surface area contributed by atoms with Crippen molar-refractivity contribution in [2.45, 2.75) is 13.5 Å². The second kappa shape index (κ2) is 7.20. The van der Waals surface area contributed by atoms with Gasteiger partial charge in [0.2, 0.25) is 0 Å². The van der Waals surface area contributed by atoms with Gasteiger partial charge >= 0.3 is 0 Å². The molecule has 0 aliphatic rings. The molecule has 21 heavy (non-hydrogen) atoms. The molecule has 108 valence electrons. The van der Waals surface area contributed by atoms with E-state index in [0.717, 1.165) is 11.3 Å². The minimum absolute atomic E-state index is 0.381. The van der Waals surface area contributed by atoms with Crippen molar-refractivity contribution in [2.75, 3.05) is 13.7 Å². The highest BCUT2D eigenvalue weighted by atomic mass is 16.5. The number of nitriles is 1. The highest BCUT2D eigenvalue weighted by molar-refractivity contribution is 5.45. The van der Waals surface area contributed by atoms with Gasteiger partial charge in [-0.25, -0.2) is 0 Å². The average Bonchev–Trinajstić information content (AvgIpc) is 2.54. The maximum Gasteiger partial charge on any atom is 0.161 e. The number of methoxy groups -OCH3 is 1. The van der Waals surface area contributed by atoms with Crippen molar-refractivity contribution >= 4 is 0 Å². The summed E-state index contributed by atoms with van der Waals surface area (Å²) in [6.07, 6.45) is 0. The van der Waals surface area contributed by atoms with Crippen molar-refractivity contribution in [3.05, 3.63) is 53.6 Å². The molecule has 0 heterocycles. The number of hydrogen-bond donors (Lipinski definition) is 0. The maximum atomic E-state index is 8.97. The average molecular weight is 283 g/mol. The van der Waals surface area contributed by atoms with Gasteiger partial charge in [0.25, 0.3) is 0 Å². The Labute approximate surface area is 124 Å². The lowest BCUT2D eigenvalue weighted by molar-refractivity contribution is 0.269. The zero-order valence-corrected chi connectivity index (χ0v) is 12.1. The highest BCUT2D eigenvalue weighted by Gasteiger charge is 2.07. The molecule has 0 amide bonds. The third kappa shape index (κ3) is 3.67. The third-order valence-electron chi connectivity index (χ3n) is 2.93. The fourth-order valence-corrected chi connectivity index (χ4v) is 1.92. The summed E-state index contributed by atoms with van der Waals surface area (Å²) in [5, 5.41) is 8.97. The van der Waals surface area contributed by atoms with E-state index >= 15 is 0 Å². The molecule has 0 aliphatic heterocycles. The SMILES string of the molecule is CCOc1ccccc1OCc1ccc(C#N)c(OC)c1. The van der Waals surface area contributed by atoms with Gasteiger partial charge in [0.15, 0.2) is 11.5 Å². The molecule has 2 aromatic carbocycles. The first-order valence-electron chi connectivity index (χ1n) is 6.70. The second-order valence-electron chi connectivity index (χ2n) is 4.31. The fraction of sp³-hybridized carbons (Fsp3) is 0.235. The topological polar surface area (TPSA) is 51.5 Å². The summed E-state index contributed by atoms with van der Waals surface area (Å²) in [6.45, 7) is 2.90. The van der Waals surface area contributed by atoms with Crippen LogP contribution in [0.3, 0.4) is 0 Å². The molecule has 4 nitrogen and oxygen atoms in total. The first-order chi connectivity index (χ1) is 10.3. The fourth-order valence-electron chi connectivity index (χ4n) is 1.92. The Morgan fingerprint density at radius 1 is 1.00 bits per heavy atom. The van der Waals surface area contributed by atoms with Crippen molar-refractivity contribution in [3.8, 4) is 23.3 Å². The van der Waals surface area contributed by atoms with Gasteiger partial charge in [0.1, 0.15) is 18.4 Å². The Bertz CT molecular complexity index is 647. The molecule has 0 bridgehead atoms. The predicted molar refractivity (Wildman–Crippen MR) is 79.7 cm³/mol. The summed E-state index contributed by atoms with van der Waals surface area (Å²) >= 11 is 0. The Balaban J connectivity index is 2.12. The molecule has 2 rings (SSSR count). The van der Waals surface area contributed by atoms with E-state index in [1.165, 1.54) is 0 Å². The van der Waals surface area contributed by atoms with Crippen molar-refractivity contribution in [3.63, 3.8) is 0 Å². The standard InChI is InChI=1S/C17H17NO3/c1-3-20-15-6-4-5-7-16(15)21-12-13-8-9-14(11-18)17(10-13)19-2/h4-10H,3,12H2,1-2H3. The van der Waals surface area contributed by atoms with Crippen LogP contribution in [0.15, 0.2) is 42.5 Å². The quantitative estimate of drug-likeness (QED) is 0.813. The number of nitrogens with zero attached hydrogens (tertiary/aromatic N) is 1. The van der Waals surface area contributed by atoms with Crippen LogP contribution in [0, 0.1) is 11.3 Å². The smallest absolute Gasteiger partial charge is 0.161 e. The number of ether oxygens (including phenoxy) is 3. The van der Waals surface area contributed by atoms with E-state index in [-0.39, 0.29) is 0 Å². The van der Waals surface area contributed by atoms with E-state index in [2.05, 4.69) is 6.07 Å². The lowest BCUT2D eigenvalue weighted by Crippen LogP contribution is -2.00. The summed E-state index contributed by atoms with van der Waals surface area (Å²) in [7, 11) is 1.55. The van der Waals surface area contributed by atoms with Crippen LogP contribution in [0.2, 0.25) is 0 Å². The van der Waals surface area contributed by atoms with Crippen LogP contribution in [0.4, 0.5) is 0 Å². The van der Waals surface area contributed by atoms with Crippen molar-refractivity contribution < 1.29 is 14.2 Å². The first kappa shape index (κ1) is 14.7. The molecule has 0 fully saturated rings. The zero-order chi connectivity index (χ0) is 15.1. The summed E-state index contributed by atoms with van der Waals surface area (Å²) in [4.78, 5) is 0. The van der Waals surface area contributed by atoms with Gasteiger partial charge in [-0.3, -0.25) is 0 Å². The van der Waals surface area contributed by atoms with E-state index in [0.29, 0.717) is 30.3 Å². The summed E-state index contributed by atoms with van der Waals surface area (Å²) < 4.78 is 16.5. The zero-order valence-electron chi connectivity index (χ0n) is 12.1. The van der Waals surface area contributed by atoms with Gasteiger partial charge in [-0.15, -0.1) is 0 Å². The van der Waals surface area contributed by atoms with E-state index in [9.17, 15) is 0 Å². The van der Waals surface area contributed by atoms with E-state index in [1.807, 2.05) is 43.3 Å². The highest BCUT2D eigenvalue weighted by Crippen LogP contribution is 2.28. The molecule has 0 saturated heterocycles. The van der Waals surface area contributed by atoms with Crippen molar-refractivity contribution in [1.82, 2.24) is 0 Å². The van der Waals surface area contributed by atoms with Crippen LogP contribution in [0.5, 0.6) is 17.2 Å². The Morgan fingerprint density at radius 2 is 1.71 bits per heavy atom. The number of para-hydroxylation sites is 2. The molecule has 0 unspecified atom stereocenters. The van der Waals surface area contributed by atoms with Crippen molar-refractivity contribution in [2.24, 2.45) is 0 Å². The minimum atomic E-state index is 0.381. The van der Waals surface area contributed by atoms with Crippen LogP contribution in [-0.4, -0.2) is 13.7 Å². The second-order valence-corrected chi connectivity index (χ2v) is 4.31. The number of hydrogen-bond acceptors (Lipinski definition) is 4. The number of benzene rings is 2. The van der Waals surface area contributed by atoms with Crippen LogP contribution >= 0.6 is 0 Å². The lowest BCUT2D eigenvalue weighted by atomic mass is 10.1. The molecular weight excluding hydrogens is 266 g/mol. The van der Waals surface area contributed by atoms with Crippen LogP contribution < -0.4 is 14.2 Å². The monoisotopic (exact) mass is 283 g/mol. The Kier molecular flexibility index (Phi) is 5.05. The normalized spacial score (nSPS) is 9.76. The van der Waals surface area contributed by atoms with Crippen LogP contribution in [0.1, 0.15) is 18.1 Å². The Hall–Kier alpha value is -2.67. The Morgan fingerprint density at radius 3 is 2.33 bits per heavy atom. The van der Waals surface area contributed by atoms with Gasteiger partial charge in [0.05, 0.1) is 19.3 Å². The first-order valence-corrected chi connectivity index (χ1v) is 6.70. The summed E-state index contributed by atoms with van der Waals surface area (Å²) in [5.41, 5.74) is 1.44. The molecule has 0 atom stereocenters. The van der Waals surface area contributed by atoms with Gasteiger partial charge in [0, 0.05) is 0 Å². The molecule has 2 aromatic rings. The molecule has 0 aromatic heterocycles. The number of rotatable bonds is 6. The predicted octanol–water partition coefficient (Wildman–Crippen LogP) is 3.54. The van der Waals surface area contributed by atoms with E-state index in [1.54, 1.807) is 13.2 Å². The summed E-state index contributed by atoms with van der Waals surface area (Å²) in [6, 6.07) is 15.0. The van der Waals surface area contributed by atoms with E-state index < -0.39 is 0 Å². The summed E-state index contributed by atoms with van der Waals surface area (Å²) in [5.74, 6) is 1.97. The molecular formula is C17H17NO3. The van der Waals surface area contributed by atoms with Crippen LogP contribution in [0.25, 0.3) is 0 Å². The van der Waals surface area contributed by atoms with Gasteiger partial charge in [-0.1, -0.05) is 18.2 Å². The lowest BCUT2D eigenvalue weighted by Gasteiger charge is -2.12. The largest absolute Gasteiger partial charge is 0.495 e. The van der Waals surface area contributed by atoms with Crippen LogP contribution in [-0.2, 0) is 6.61 Å². The molecule has 0 saturated carbocycles. The van der Waals surface area contributed by atoms with Crippen molar-refractivity contribution in [1.29, 1.82) is 5.26 Å². The molecule has 0 radical (unpaired) electrons. The molecule has 4 heteroatoms. The molecule has 0 aliphatic carbocycles. The molecule has 0 N–H and O–H groups in total. The maximum absolute atomic E-state index is 8.97. The molecule has 0 spiro atoms. The van der Waals surface area contributed by atoms with Gasteiger partial charge < -0.3 is 14.2 Å². The third-order valence-corrected chi connectivity index (χ3v) is 2.93. The minimum Gasteiger partial charge on any atom is -0.495 e.